The van der Waals surface area contributed by atoms with Crippen molar-refractivity contribution in [2.24, 2.45) is 11.8 Å². The zero-order chi connectivity index (χ0) is 54.5. The number of urea groups is 1. The number of carbonyl (C=O) groups excluding carboxylic acids is 7. The first-order valence-corrected chi connectivity index (χ1v) is 28.0. The number of carbonyl (C=O) groups is 7. The molecule has 0 radical (unpaired) electrons. The molecule has 7 amide bonds. The molecule has 8 atom stereocenters. The van der Waals surface area contributed by atoms with Crippen molar-refractivity contribution in [3.8, 4) is 0 Å². The normalized spacial score (nSPS) is 17.6. The average Bonchev–Trinajstić information content (AvgIpc) is 4.00. The van der Waals surface area contributed by atoms with Gasteiger partial charge in [0.15, 0.2) is 5.78 Å². The van der Waals surface area contributed by atoms with E-state index in [1.54, 1.807) is 48.5 Å². The first kappa shape index (κ1) is 57.4. The van der Waals surface area contributed by atoms with Crippen molar-refractivity contribution >= 4 is 53.1 Å². The highest BCUT2D eigenvalue weighted by Gasteiger charge is 2.42. The molecule has 0 spiro atoms. The lowest BCUT2D eigenvalue weighted by molar-refractivity contribution is -0.134. The van der Waals surface area contributed by atoms with E-state index in [0.29, 0.717) is 41.3 Å². The van der Waals surface area contributed by atoms with Gasteiger partial charge in [-0.05, 0) is 79.7 Å². The second-order valence-corrected chi connectivity index (χ2v) is 21.8. The number of hydrogen-bond donors (Lipinski definition) is 8. The fourth-order valence-electron chi connectivity index (χ4n) is 9.91. The Morgan fingerprint density at radius 3 is 1.78 bits per heavy atom. The molecule has 2 fully saturated rings. The molecule has 3 unspecified atom stereocenters. The predicted molar refractivity (Wildman–Crippen MR) is 300 cm³/mol. The van der Waals surface area contributed by atoms with Gasteiger partial charge >= 0.3 is 6.03 Å². The van der Waals surface area contributed by atoms with Gasteiger partial charge in [0.05, 0.1) is 24.2 Å². The number of hydrogen-bond acceptors (Lipinski definition) is 9. The molecule has 0 aliphatic carbocycles. The number of amides is 7. The van der Waals surface area contributed by atoms with Crippen molar-refractivity contribution < 1.29 is 38.7 Å². The number of thioether (sulfide) groups is 1. The zero-order valence-corrected chi connectivity index (χ0v) is 44.8. The van der Waals surface area contributed by atoms with Crippen molar-refractivity contribution in [1.82, 2.24) is 37.2 Å². The van der Waals surface area contributed by atoms with Crippen LogP contribution in [0.5, 0.6) is 0 Å². The van der Waals surface area contributed by atoms with E-state index >= 15 is 0 Å². The highest BCUT2D eigenvalue weighted by Crippen LogP contribution is 2.33. The minimum Gasteiger partial charge on any atom is -0.391 e. The second-order valence-electron chi connectivity index (χ2n) is 20.5. The molecule has 2 aliphatic heterocycles. The topological polar surface area (TPSA) is 224 Å². The van der Waals surface area contributed by atoms with Crippen LogP contribution in [-0.2, 0) is 38.4 Å². The number of unbranched alkanes of at least 4 members (excludes halogenated alkanes) is 1. The molecular formula is C61H73N7O8S. The van der Waals surface area contributed by atoms with E-state index in [1.165, 1.54) is 0 Å². The van der Waals surface area contributed by atoms with Gasteiger partial charge in [0.25, 0.3) is 5.91 Å². The van der Waals surface area contributed by atoms with Crippen LogP contribution in [0.15, 0.2) is 146 Å². The molecular weight excluding hydrogens is 991 g/mol. The number of benzene rings is 5. The average molecular weight is 1060 g/mol. The number of nitrogens with one attached hydrogen (secondary N) is 7. The summed E-state index contributed by atoms with van der Waals surface area (Å²) in [6.07, 6.45) is 3.03. The first-order valence-electron chi connectivity index (χ1n) is 26.9. The van der Waals surface area contributed by atoms with Crippen LogP contribution in [-0.4, -0.2) is 107 Å². The quantitative estimate of drug-likeness (QED) is 0.0149. The minimum absolute atomic E-state index is 0.0374. The smallest absolute Gasteiger partial charge is 0.315 e. The lowest BCUT2D eigenvalue weighted by Crippen LogP contribution is -2.56. The summed E-state index contributed by atoms with van der Waals surface area (Å²) in [5.41, 5.74) is 3.76. The van der Waals surface area contributed by atoms with Crippen LogP contribution in [0.4, 0.5) is 4.79 Å². The highest BCUT2D eigenvalue weighted by molar-refractivity contribution is 8.00. The van der Waals surface area contributed by atoms with Crippen LogP contribution in [0.1, 0.15) is 102 Å². The van der Waals surface area contributed by atoms with E-state index < -0.39 is 53.8 Å². The summed E-state index contributed by atoms with van der Waals surface area (Å²) >= 11 is 1.86. The summed E-state index contributed by atoms with van der Waals surface area (Å²) < 4.78 is 0. The van der Waals surface area contributed by atoms with Crippen LogP contribution in [0.25, 0.3) is 0 Å². The molecule has 2 heterocycles. The van der Waals surface area contributed by atoms with Gasteiger partial charge < -0.3 is 42.3 Å². The summed E-state index contributed by atoms with van der Waals surface area (Å²) in [5.74, 6) is -2.09. The lowest BCUT2D eigenvalue weighted by atomic mass is 9.88. The van der Waals surface area contributed by atoms with E-state index in [1.807, 2.05) is 123 Å². The fourth-order valence-corrected chi connectivity index (χ4v) is 11.5. The van der Waals surface area contributed by atoms with Gasteiger partial charge in [0.1, 0.15) is 12.1 Å². The van der Waals surface area contributed by atoms with E-state index in [-0.39, 0.29) is 74.4 Å². The Morgan fingerprint density at radius 2 is 1.14 bits per heavy atom. The Kier molecular flexibility index (Phi) is 21.8. The number of fused-ring (bicyclic) bond motifs is 1. The van der Waals surface area contributed by atoms with Gasteiger partial charge in [0.2, 0.25) is 23.6 Å². The van der Waals surface area contributed by atoms with Gasteiger partial charge in [0, 0.05) is 59.5 Å². The van der Waals surface area contributed by atoms with E-state index in [2.05, 4.69) is 37.2 Å². The van der Waals surface area contributed by atoms with Crippen LogP contribution >= 0.6 is 11.8 Å². The number of rotatable bonds is 29. The Bertz CT molecular complexity index is 2720. The van der Waals surface area contributed by atoms with Gasteiger partial charge in [-0.15, -0.1) is 0 Å². The number of ketones is 1. The molecule has 2 saturated heterocycles. The van der Waals surface area contributed by atoms with Crippen molar-refractivity contribution in [1.29, 1.82) is 0 Å². The molecule has 16 heteroatoms. The standard InChI is InChI=1S/C61H73N7O8S/c1-40(2)34-49(60(75)66-50(37-43-22-11-5-12-23-43)59(74)63-33-17-32-62-54(70)27-16-15-26-53-55-51(39-77-53)67-61(76)68-55)65-58(73)47(35-41-18-7-3-8-19-41)38-52(69)48(36-42-20-9-4-10-21-42)64-57(72)46-30-28-45(29-31-46)56(71)44-24-13-6-14-25-44/h3-14,18-25,28-31,40,47-53,55,69H,15-17,26-27,32-39H2,1-2H3,(H,62,70)(H,63,74)(H,64,72)(H,65,73)(H,66,75)(H2,67,68,76)/t47-,48+,49+,50+,51?,52-,53?,55?/m1/s1. The van der Waals surface area contributed by atoms with E-state index in [4.69, 9.17) is 0 Å². The van der Waals surface area contributed by atoms with Gasteiger partial charge in [-0.2, -0.15) is 11.8 Å². The van der Waals surface area contributed by atoms with Crippen molar-refractivity contribution in [3.05, 3.63) is 179 Å². The molecule has 0 aromatic heterocycles. The molecule has 0 saturated carbocycles. The van der Waals surface area contributed by atoms with Crippen LogP contribution in [0.3, 0.4) is 0 Å². The Labute approximate surface area is 456 Å². The molecule has 5 aromatic carbocycles. The third kappa shape index (κ3) is 17.9. The van der Waals surface area contributed by atoms with Crippen LogP contribution < -0.4 is 37.2 Å². The summed E-state index contributed by atoms with van der Waals surface area (Å²) in [4.78, 5) is 94.4. The lowest BCUT2D eigenvalue weighted by Gasteiger charge is -2.29. The Morgan fingerprint density at radius 1 is 0.584 bits per heavy atom. The monoisotopic (exact) mass is 1060 g/mol. The predicted octanol–water partition coefficient (Wildman–Crippen LogP) is 6.48. The van der Waals surface area contributed by atoms with E-state index in [9.17, 15) is 38.7 Å². The number of aliphatic hydroxyl groups is 1. The zero-order valence-electron chi connectivity index (χ0n) is 44.0. The van der Waals surface area contributed by atoms with Gasteiger partial charge in [-0.3, -0.25) is 28.8 Å². The molecule has 0 bridgehead atoms. The largest absolute Gasteiger partial charge is 0.391 e. The first-order chi connectivity index (χ1) is 37.3. The molecule has 77 heavy (non-hydrogen) atoms. The third-order valence-electron chi connectivity index (χ3n) is 14.1. The maximum Gasteiger partial charge on any atom is 0.315 e. The van der Waals surface area contributed by atoms with Crippen LogP contribution in [0.2, 0.25) is 0 Å². The number of aliphatic hydroxyl groups excluding tert-OH is 1. The van der Waals surface area contributed by atoms with Crippen molar-refractivity contribution in [3.63, 3.8) is 0 Å². The van der Waals surface area contributed by atoms with Crippen molar-refractivity contribution in [2.75, 3.05) is 18.8 Å². The maximum atomic E-state index is 14.7. The summed E-state index contributed by atoms with van der Waals surface area (Å²) in [6.45, 7) is 4.50. The fraction of sp³-hybridized carbons (Fsp3) is 0.393. The summed E-state index contributed by atoms with van der Waals surface area (Å²) in [6, 6.07) is 40.7. The molecule has 8 N–H and O–H groups in total. The molecule has 5 aromatic rings. The van der Waals surface area contributed by atoms with Crippen LogP contribution in [0, 0.1) is 11.8 Å². The highest BCUT2D eigenvalue weighted by atomic mass is 32.2. The molecule has 406 valence electrons. The third-order valence-corrected chi connectivity index (χ3v) is 15.6. The molecule has 7 rings (SSSR count). The Hall–Kier alpha value is -7.30. The second kappa shape index (κ2) is 29.3. The van der Waals surface area contributed by atoms with Gasteiger partial charge in [-0.1, -0.05) is 154 Å². The van der Waals surface area contributed by atoms with Gasteiger partial charge in [-0.25, -0.2) is 4.79 Å². The SMILES string of the molecule is CC(C)C[C@H](NC(=O)[C@H](Cc1ccccc1)C[C@@H](O)[C@H](Cc1ccccc1)NC(=O)c1ccc(C(=O)c2ccccc2)cc1)C(=O)N[C@@H](Cc1ccccc1)C(=O)NCCCNC(=O)CCCCC1SCC2NC(=O)NC21. The summed E-state index contributed by atoms with van der Waals surface area (Å²) in [5, 5.41) is 33.3. The summed E-state index contributed by atoms with van der Waals surface area (Å²) in [7, 11) is 0. The Balaban J connectivity index is 0.975. The maximum absolute atomic E-state index is 14.7. The minimum atomic E-state index is -1.22. The van der Waals surface area contributed by atoms with Crippen molar-refractivity contribution in [2.45, 2.75) is 120 Å². The molecule has 15 nitrogen and oxygen atoms in total. The molecule has 2 aliphatic rings. The van der Waals surface area contributed by atoms with E-state index in [0.717, 1.165) is 41.7 Å².